The highest BCUT2D eigenvalue weighted by atomic mass is 35.5. The van der Waals surface area contributed by atoms with Crippen molar-refractivity contribution in [3.63, 3.8) is 0 Å². The van der Waals surface area contributed by atoms with Crippen molar-refractivity contribution < 1.29 is 14.3 Å². The van der Waals surface area contributed by atoms with E-state index < -0.39 is 6.10 Å². The van der Waals surface area contributed by atoms with Gasteiger partial charge in [-0.2, -0.15) is 0 Å². The van der Waals surface area contributed by atoms with Crippen LogP contribution < -0.4 is 10.1 Å². The molecule has 23 heavy (non-hydrogen) atoms. The molecule has 0 aliphatic carbocycles. The maximum Gasteiger partial charge on any atom is 0.261 e. The Bertz CT molecular complexity index is 547. The van der Waals surface area contributed by atoms with Gasteiger partial charge in [-0.25, -0.2) is 0 Å². The van der Waals surface area contributed by atoms with Crippen molar-refractivity contribution in [3.05, 3.63) is 28.8 Å². The molecule has 2 aliphatic heterocycles. The van der Waals surface area contributed by atoms with Crippen molar-refractivity contribution in [2.24, 2.45) is 0 Å². The van der Waals surface area contributed by atoms with E-state index in [9.17, 15) is 4.79 Å². The quantitative estimate of drug-likeness (QED) is 0.805. The topological polar surface area (TPSA) is 50.8 Å². The van der Waals surface area contributed by atoms with E-state index in [2.05, 4.69) is 10.2 Å². The van der Waals surface area contributed by atoms with E-state index in [1.54, 1.807) is 6.07 Å². The maximum absolute atomic E-state index is 12.2. The van der Waals surface area contributed by atoms with E-state index in [0.29, 0.717) is 18.0 Å². The predicted octanol–water partition coefficient (Wildman–Crippen LogP) is 1.87. The summed E-state index contributed by atoms with van der Waals surface area (Å²) in [5, 5.41) is 3.65. The summed E-state index contributed by atoms with van der Waals surface area (Å²) in [6, 6.07) is 5.48. The molecule has 0 spiro atoms. The van der Waals surface area contributed by atoms with Crippen LogP contribution in [0.1, 0.15) is 18.4 Å². The standard InChI is InChI=1S/C17H23ClN2O3/c18-14-3-4-15-13(11-14)12-16(23-15)17(21)19-5-1-2-6-20-7-9-22-10-8-20/h3-4,11,16H,1-2,5-10,12H2,(H,19,21)/t16-/m1/s1. The van der Waals surface area contributed by atoms with Crippen molar-refractivity contribution in [2.45, 2.75) is 25.4 Å². The number of morpholine rings is 1. The van der Waals surface area contributed by atoms with Gasteiger partial charge in [0.25, 0.3) is 5.91 Å². The minimum Gasteiger partial charge on any atom is -0.480 e. The van der Waals surface area contributed by atoms with E-state index in [1.165, 1.54) is 0 Å². The summed E-state index contributed by atoms with van der Waals surface area (Å²) in [7, 11) is 0. The van der Waals surface area contributed by atoms with Crippen LogP contribution in [-0.2, 0) is 16.0 Å². The summed E-state index contributed by atoms with van der Waals surface area (Å²) in [5.74, 6) is 0.727. The number of nitrogens with zero attached hydrogens (tertiary/aromatic N) is 1. The zero-order valence-corrected chi connectivity index (χ0v) is 14.0. The number of hydrogen-bond acceptors (Lipinski definition) is 4. The van der Waals surface area contributed by atoms with Gasteiger partial charge in [-0.3, -0.25) is 9.69 Å². The van der Waals surface area contributed by atoms with Gasteiger partial charge in [0.2, 0.25) is 0 Å². The molecule has 1 atom stereocenters. The van der Waals surface area contributed by atoms with E-state index in [-0.39, 0.29) is 5.91 Å². The summed E-state index contributed by atoms with van der Waals surface area (Å²) in [6.45, 7) is 5.47. The molecule has 2 heterocycles. The van der Waals surface area contributed by atoms with Gasteiger partial charge >= 0.3 is 0 Å². The van der Waals surface area contributed by atoms with Crippen LogP contribution in [0.15, 0.2) is 18.2 Å². The van der Waals surface area contributed by atoms with Crippen LogP contribution in [-0.4, -0.2) is 56.3 Å². The fourth-order valence-corrected chi connectivity index (χ4v) is 3.17. The summed E-state index contributed by atoms with van der Waals surface area (Å²) >= 11 is 5.97. The summed E-state index contributed by atoms with van der Waals surface area (Å²) in [5.41, 5.74) is 1.00. The molecule has 1 fully saturated rings. The number of halogens is 1. The first-order valence-electron chi connectivity index (χ1n) is 8.25. The molecule has 5 nitrogen and oxygen atoms in total. The highest BCUT2D eigenvalue weighted by Crippen LogP contribution is 2.31. The number of amides is 1. The molecule has 1 amide bonds. The zero-order valence-electron chi connectivity index (χ0n) is 13.2. The third kappa shape index (κ3) is 4.59. The Morgan fingerprint density at radius 1 is 1.30 bits per heavy atom. The molecule has 0 aromatic heterocycles. The molecule has 0 radical (unpaired) electrons. The monoisotopic (exact) mass is 338 g/mol. The fraction of sp³-hybridized carbons (Fsp3) is 0.588. The second-order valence-corrected chi connectivity index (χ2v) is 6.45. The Hall–Kier alpha value is -1.30. The van der Waals surface area contributed by atoms with Gasteiger partial charge in [-0.15, -0.1) is 0 Å². The molecule has 126 valence electrons. The molecular formula is C17H23ClN2O3. The van der Waals surface area contributed by atoms with Crippen molar-refractivity contribution in [3.8, 4) is 5.75 Å². The molecule has 3 rings (SSSR count). The van der Waals surface area contributed by atoms with Gasteiger partial charge in [-0.05, 0) is 43.1 Å². The average Bonchev–Trinajstić information content (AvgIpc) is 2.98. The van der Waals surface area contributed by atoms with Crippen molar-refractivity contribution in [1.29, 1.82) is 0 Å². The van der Waals surface area contributed by atoms with E-state index in [1.807, 2.05) is 12.1 Å². The third-order valence-electron chi connectivity index (χ3n) is 4.29. The number of carbonyl (C=O) groups is 1. The van der Waals surface area contributed by atoms with Gasteiger partial charge < -0.3 is 14.8 Å². The van der Waals surface area contributed by atoms with Crippen molar-refractivity contribution in [1.82, 2.24) is 10.2 Å². The Morgan fingerprint density at radius 3 is 2.96 bits per heavy atom. The second kappa shape index (κ2) is 7.99. The summed E-state index contributed by atoms with van der Waals surface area (Å²) in [6.07, 6.45) is 2.23. The van der Waals surface area contributed by atoms with Crippen LogP contribution in [0.4, 0.5) is 0 Å². The van der Waals surface area contributed by atoms with Crippen LogP contribution in [0.25, 0.3) is 0 Å². The molecule has 0 saturated carbocycles. The molecule has 6 heteroatoms. The van der Waals surface area contributed by atoms with E-state index in [0.717, 1.165) is 57.0 Å². The van der Waals surface area contributed by atoms with Gasteiger partial charge in [-0.1, -0.05) is 11.6 Å². The molecule has 1 saturated heterocycles. The molecule has 1 aromatic carbocycles. The summed E-state index contributed by atoms with van der Waals surface area (Å²) in [4.78, 5) is 14.6. The number of fused-ring (bicyclic) bond motifs is 1. The van der Waals surface area contributed by atoms with Crippen LogP contribution in [0, 0.1) is 0 Å². The van der Waals surface area contributed by atoms with Gasteiger partial charge in [0.05, 0.1) is 13.2 Å². The lowest BCUT2D eigenvalue weighted by atomic mass is 10.1. The lowest BCUT2D eigenvalue weighted by Gasteiger charge is -2.26. The second-order valence-electron chi connectivity index (χ2n) is 6.01. The number of carbonyl (C=O) groups excluding carboxylic acids is 1. The van der Waals surface area contributed by atoms with E-state index in [4.69, 9.17) is 21.1 Å². The first kappa shape index (κ1) is 16.6. The molecule has 1 N–H and O–H groups in total. The number of unbranched alkanes of at least 4 members (excludes halogenated alkanes) is 1. The first-order valence-corrected chi connectivity index (χ1v) is 8.63. The highest BCUT2D eigenvalue weighted by molar-refractivity contribution is 6.30. The first-order chi connectivity index (χ1) is 11.2. The smallest absolute Gasteiger partial charge is 0.261 e. The Labute approximate surface area is 141 Å². The zero-order chi connectivity index (χ0) is 16.1. The van der Waals surface area contributed by atoms with Crippen LogP contribution >= 0.6 is 11.6 Å². The molecule has 2 aliphatic rings. The maximum atomic E-state index is 12.2. The minimum atomic E-state index is -0.428. The lowest BCUT2D eigenvalue weighted by molar-refractivity contribution is -0.127. The molecule has 1 aromatic rings. The number of nitrogens with one attached hydrogen (secondary N) is 1. The van der Waals surface area contributed by atoms with Crippen LogP contribution in [0.2, 0.25) is 5.02 Å². The van der Waals surface area contributed by atoms with Gasteiger partial charge in [0.1, 0.15) is 5.75 Å². The van der Waals surface area contributed by atoms with Gasteiger partial charge in [0.15, 0.2) is 6.10 Å². The number of rotatable bonds is 6. The van der Waals surface area contributed by atoms with Crippen molar-refractivity contribution >= 4 is 17.5 Å². The average molecular weight is 339 g/mol. The van der Waals surface area contributed by atoms with Crippen LogP contribution in [0.3, 0.4) is 0 Å². The van der Waals surface area contributed by atoms with Gasteiger partial charge in [0, 0.05) is 31.1 Å². The van der Waals surface area contributed by atoms with Crippen molar-refractivity contribution in [2.75, 3.05) is 39.4 Å². The third-order valence-corrected chi connectivity index (χ3v) is 4.53. The SMILES string of the molecule is O=C(NCCCCN1CCOCC1)[C@H]1Cc2cc(Cl)ccc2O1. The molecular weight excluding hydrogens is 316 g/mol. The Kier molecular flexibility index (Phi) is 5.75. The fourth-order valence-electron chi connectivity index (χ4n) is 2.97. The Balaban J connectivity index is 1.33. The molecule has 0 unspecified atom stereocenters. The predicted molar refractivity (Wildman–Crippen MR) is 89.1 cm³/mol. The minimum absolute atomic E-state index is 0.0382. The van der Waals surface area contributed by atoms with E-state index >= 15 is 0 Å². The lowest BCUT2D eigenvalue weighted by Crippen LogP contribution is -2.39. The summed E-state index contributed by atoms with van der Waals surface area (Å²) < 4.78 is 11.0. The Morgan fingerprint density at radius 2 is 2.13 bits per heavy atom. The highest BCUT2D eigenvalue weighted by Gasteiger charge is 2.28. The normalized spacial score (nSPS) is 20.8. The largest absolute Gasteiger partial charge is 0.480 e. The van der Waals surface area contributed by atoms with Crippen LogP contribution in [0.5, 0.6) is 5.75 Å². The number of benzene rings is 1. The molecule has 0 bridgehead atoms. The number of hydrogen-bond donors (Lipinski definition) is 1. The number of ether oxygens (including phenoxy) is 2.